The minimum atomic E-state index is 0.317. The number of rotatable bonds is 4. The average molecular weight is 575 g/mol. The Hall–Kier alpha value is -5.54. The van der Waals surface area contributed by atoms with E-state index in [4.69, 9.17) is 28.2 Å². The Balaban J connectivity index is 1.39. The Morgan fingerprint density at radius 2 is 1.66 bits per heavy atom. The molecular formula is C26H10N10O3S2. The first-order valence-electron chi connectivity index (χ1n) is 12.0. The summed E-state index contributed by atoms with van der Waals surface area (Å²) in [6, 6.07) is 9.34. The van der Waals surface area contributed by atoms with E-state index in [9.17, 15) is 0 Å². The zero-order valence-corrected chi connectivity index (χ0v) is 21.9. The van der Waals surface area contributed by atoms with Gasteiger partial charge in [-0.2, -0.15) is 15.0 Å². The molecule has 0 spiro atoms. The van der Waals surface area contributed by atoms with Crippen molar-refractivity contribution in [3.8, 4) is 44.2 Å². The van der Waals surface area contributed by atoms with E-state index >= 15 is 0 Å². The fourth-order valence-corrected chi connectivity index (χ4v) is 6.38. The molecule has 0 amide bonds. The molecule has 9 heterocycles. The number of aromatic nitrogens is 10. The van der Waals surface area contributed by atoms with Crippen molar-refractivity contribution in [2.24, 2.45) is 0 Å². The van der Waals surface area contributed by atoms with E-state index in [0.29, 0.717) is 73.1 Å². The predicted octanol–water partition coefficient (Wildman–Crippen LogP) is 5.82. The standard InChI is InChI=1S/C26H10N10O3S2/c1-3-12-20(28-5-1)32-24(38-12)17-16(15-4-2-6-40-15)19-23(31-18(17)11-7-13-22(36-35-11)30-10-37-13)34-26(41-19)25-33-21-14(39-25)8-27-9-29-21/h1-10H. The Bertz CT molecular complexity index is 2340. The fourth-order valence-electron chi connectivity index (χ4n) is 4.54. The molecule has 9 aromatic heterocycles. The van der Waals surface area contributed by atoms with Crippen LogP contribution in [0.4, 0.5) is 0 Å². The quantitative estimate of drug-likeness (QED) is 0.247. The van der Waals surface area contributed by atoms with E-state index in [2.05, 4.69) is 35.1 Å². The van der Waals surface area contributed by atoms with Crippen LogP contribution in [0.5, 0.6) is 0 Å². The van der Waals surface area contributed by atoms with Gasteiger partial charge in [-0.1, -0.05) is 6.07 Å². The molecule has 13 nitrogen and oxygen atoms in total. The molecule has 0 saturated heterocycles. The van der Waals surface area contributed by atoms with E-state index in [-0.39, 0.29) is 0 Å². The fraction of sp³-hybridized carbons (Fsp3) is 0. The van der Waals surface area contributed by atoms with Crippen LogP contribution in [-0.4, -0.2) is 50.1 Å². The summed E-state index contributed by atoms with van der Waals surface area (Å²) in [6.07, 6.45) is 5.98. The van der Waals surface area contributed by atoms with Crippen LogP contribution in [0.1, 0.15) is 0 Å². The molecule has 0 atom stereocenters. The Morgan fingerprint density at radius 1 is 0.732 bits per heavy atom. The zero-order chi connectivity index (χ0) is 26.9. The summed E-state index contributed by atoms with van der Waals surface area (Å²) in [7, 11) is 0. The molecule has 15 heteroatoms. The maximum atomic E-state index is 6.25. The second-order valence-electron chi connectivity index (χ2n) is 8.70. The van der Waals surface area contributed by atoms with Crippen LogP contribution in [0.15, 0.2) is 74.1 Å². The molecule has 0 aliphatic carbocycles. The maximum absolute atomic E-state index is 6.25. The van der Waals surface area contributed by atoms with Gasteiger partial charge in [-0.3, -0.25) is 0 Å². The molecule has 9 rings (SSSR count). The van der Waals surface area contributed by atoms with Crippen LogP contribution in [0.2, 0.25) is 0 Å². The minimum absolute atomic E-state index is 0.317. The number of thiazole rings is 1. The maximum Gasteiger partial charge on any atom is 0.258 e. The van der Waals surface area contributed by atoms with Crippen LogP contribution in [-0.2, 0) is 0 Å². The normalized spacial score (nSPS) is 11.9. The Morgan fingerprint density at radius 3 is 2.56 bits per heavy atom. The first-order chi connectivity index (χ1) is 20.3. The lowest BCUT2D eigenvalue weighted by molar-refractivity contribution is 0.601. The van der Waals surface area contributed by atoms with Gasteiger partial charge in [0.2, 0.25) is 17.2 Å². The molecule has 0 aromatic carbocycles. The zero-order valence-electron chi connectivity index (χ0n) is 20.3. The topological polar surface area (TPSA) is 168 Å². The largest absolute Gasteiger partial charge is 0.442 e. The highest BCUT2D eigenvalue weighted by Crippen LogP contribution is 2.47. The van der Waals surface area contributed by atoms with Gasteiger partial charge in [0.1, 0.15) is 17.7 Å². The Labute approximate surface area is 234 Å². The minimum Gasteiger partial charge on any atom is -0.442 e. The van der Waals surface area contributed by atoms with Crippen molar-refractivity contribution in [2.45, 2.75) is 0 Å². The van der Waals surface area contributed by atoms with Crippen molar-refractivity contribution in [2.75, 3.05) is 0 Å². The van der Waals surface area contributed by atoms with Gasteiger partial charge in [0.25, 0.3) is 5.89 Å². The Kier molecular flexibility index (Phi) is 4.61. The van der Waals surface area contributed by atoms with Crippen molar-refractivity contribution in [3.63, 3.8) is 0 Å². The summed E-state index contributed by atoms with van der Waals surface area (Å²) in [5, 5.41) is 11.2. The third-order valence-electron chi connectivity index (χ3n) is 6.28. The van der Waals surface area contributed by atoms with Crippen LogP contribution in [0.3, 0.4) is 0 Å². The van der Waals surface area contributed by atoms with Crippen LogP contribution < -0.4 is 0 Å². The molecule has 9 aromatic rings. The highest BCUT2D eigenvalue weighted by molar-refractivity contribution is 7.22. The summed E-state index contributed by atoms with van der Waals surface area (Å²) in [4.78, 5) is 36.7. The number of thiophene rings is 1. The molecule has 0 aliphatic heterocycles. The number of fused-ring (bicyclic) bond motifs is 4. The first kappa shape index (κ1) is 22.3. The summed E-state index contributed by atoms with van der Waals surface area (Å²) >= 11 is 2.96. The van der Waals surface area contributed by atoms with Gasteiger partial charge in [-0.15, -0.1) is 32.9 Å². The molecule has 0 radical (unpaired) electrons. The van der Waals surface area contributed by atoms with Gasteiger partial charge >= 0.3 is 0 Å². The third-order valence-corrected chi connectivity index (χ3v) is 8.22. The van der Waals surface area contributed by atoms with Crippen molar-refractivity contribution >= 4 is 66.7 Å². The molecule has 0 unspecified atom stereocenters. The third kappa shape index (κ3) is 3.46. The molecule has 194 valence electrons. The molecule has 0 saturated carbocycles. The summed E-state index contributed by atoms with van der Waals surface area (Å²) in [6.45, 7) is 0. The average Bonchev–Trinajstić information content (AvgIpc) is 3.83. The smallest absolute Gasteiger partial charge is 0.258 e. The first-order valence-corrected chi connectivity index (χ1v) is 13.7. The molecule has 0 fully saturated rings. The summed E-state index contributed by atoms with van der Waals surface area (Å²) < 4.78 is 18.5. The highest BCUT2D eigenvalue weighted by Gasteiger charge is 2.28. The van der Waals surface area contributed by atoms with Crippen LogP contribution >= 0.6 is 22.7 Å². The number of hydrogen-bond donors (Lipinski definition) is 0. The molecule has 41 heavy (non-hydrogen) atoms. The van der Waals surface area contributed by atoms with Gasteiger partial charge in [0, 0.05) is 22.7 Å². The molecular weight excluding hydrogens is 564 g/mol. The lowest BCUT2D eigenvalue weighted by Crippen LogP contribution is -1.98. The summed E-state index contributed by atoms with van der Waals surface area (Å²) in [5.41, 5.74) is 5.57. The SMILES string of the molecule is c1csc(-c2c(-c3nc4ncccc4o3)c(-c3cc4ocnc4nn3)nc3nc(-c4nc5ncncc5o4)sc23)c1. The predicted molar refractivity (Wildman–Crippen MR) is 149 cm³/mol. The van der Waals surface area contributed by atoms with E-state index in [1.807, 2.05) is 23.6 Å². The van der Waals surface area contributed by atoms with E-state index in [0.717, 1.165) is 15.1 Å². The second kappa shape index (κ2) is 8.48. The number of oxazole rings is 3. The van der Waals surface area contributed by atoms with Crippen LogP contribution in [0.25, 0.3) is 88.2 Å². The summed E-state index contributed by atoms with van der Waals surface area (Å²) in [5.74, 6) is 0.649. The molecule has 0 aliphatic rings. The van der Waals surface area contributed by atoms with Crippen LogP contribution in [0, 0.1) is 0 Å². The number of nitrogens with zero attached hydrogens (tertiary/aromatic N) is 10. The van der Waals surface area contributed by atoms with Gasteiger partial charge in [-0.25, -0.2) is 24.9 Å². The number of hydrogen-bond acceptors (Lipinski definition) is 15. The van der Waals surface area contributed by atoms with Gasteiger partial charge < -0.3 is 13.3 Å². The molecule has 0 N–H and O–H groups in total. The van der Waals surface area contributed by atoms with E-state index in [1.54, 1.807) is 35.9 Å². The lowest BCUT2D eigenvalue weighted by atomic mass is 10.0. The second-order valence-corrected chi connectivity index (χ2v) is 10.6. The van der Waals surface area contributed by atoms with Crippen molar-refractivity contribution in [1.29, 1.82) is 0 Å². The van der Waals surface area contributed by atoms with E-state index < -0.39 is 0 Å². The number of pyridine rings is 2. The van der Waals surface area contributed by atoms with Crippen molar-refractivity contribution < 1.29 is 13.3 Å². The van der Waals surface area contributed by atoms with E-state index in [1.165, 1.54) is 24.1 Å². The van der Waals surface area contributed by atoms with Gasteiger partial charge in [0.05, 0.1) is 16.5 Å². The monoisotopic (exact) mass is 574 g/mol. The highest BCUT2D eigenvalue weighted by atomic mass is 32.1. The van der Waals surface area contributed by atoms with Gasteiger partial charge in [0.15, 0.2) is 39.4 Å². The van der Waals surface area contributed by atoms with Crippen molar-refractivity contribution in [3.05, 3.63) is 60.8 Å². The van der Waals surface area contributed by atoms with Gasteiger partial charge in [-0.05, 0) is 23.6 Å². The molecule has 0 bridgehead atoms. The van der Waals surface area contributed by atoms with Crippen molar-refractivity contribution in [1.82, 2.24) is 50.1 Å². The lowest BCUT2D eigenvalue weighted by Gasteiger charge is -2.11.